The highest BCUT2D eigenvalue weighted by molar-refractivity contribution is 8.00. The van der Waals surface area contributed by atoms with Gasteiger partial charge in [-0.05, 0) is 41.7 Å². The summed E-state index contributed by atoms with van der Waals surface area (Å²) in [5.41, 5.74) is 0.623. The van der Waals surface area contributed by atoms with Crippen LogP contribution in [-0.4, -0.2) is 40.6 Å². The number of nitrogens with zero attached hydrogens (tertiary/aromatic N) is 1. The zero-order valence-electron chi connectivity index (χ0n) is 16.2. The number of carbonyl (C=O) groups excluding carboxylic acids is 2. The molecule has 2 aromatic rings. The summed E-state index contributed by atoms with van der Waals surface area (Å²) in [5, 5.41) is 2.13. The van der Waals surface area contributed by atoms with Gasteiger partial charge in [-0.15, -0.1) is 11.8 Å². The molecule has 2 unspecified atom stereocenters. The van der Waals surface area contributed by atoms with Crippen LogP contribution in [-0.2, 0) is 9.53 Å². The summed E-state index contributed by atoms with van der Waals surface area (Å²) >= 11 is 1.68. The van der Waals surface area contributed by atoms with E-state index in [-0.39, 0.29) is 17.3 Å². The zero-order valence-corrected chi connectivity index (χ0v) is 17.0. The highest BCUT2D eigenvalue weighted by atomic mass is 32.2. The Morgan fingerprint density at radius 2 is 1.93 bits per heavy atom. The van der Waals surface area contributed by atoms with Crippen molar-refractivity contribution in [2.45, 2.75) is 45.0 Å². The standard InChI is InChI=1S/C22H27NO3S/c1-4-11-26-22(25)19-14-27-20(12-15(2)3)23(19)21(24)18-10-9-16-7-5-6-8-17(16)13-18/h5-10,13,15,19-20H,4,11-12,14H2,1-3H3. The predicted molar refractivity (Wildman–Crippen MR) is 111 cm³/mol. The Bertz CT molecular complexity index is 820. The van der Waals surface area contributed by atoms with Crippen molar-refractivity contribution >= 4 is 34.4 Å². The van der Waals surface area contributed by atoms with Crippen LogP contribution in [0.2, 0.25) is 0 Å². The molecule has 2 aromatic carbocycles. The minimum Gasteiger partial charge on any atom is -0.464 e. The van der Waals surface area contributed by atoms with E-state index in [0.717, 1.165) is 23.6 Å². The summed E-state index contributed by atoms with van der Waals surface area (Å²) in [6.45, 7) is 6.65. The molecular weight excluding hydrogens is 358 g/mol. The van der Waals surface area contributed by atoms with Crippen molar-refractivity contribution in [3.05, 3.63) is 48.0 Å². The van der Waals surface area contributed by atoms with Crippen LogP contribution < -0.4 is 0 Å². The summed E-state index contributed by atoms with van der Waals surface area (Å²) in [7, 11) is 0. The molecule has 2 atom stereocenters. The lowest BCUT2D eigenvalue weighted by Crippen LogP contribution is -2.46. The van der Waals surface area contributed by atoms with Crippen LogP contribution in [0.1, 0.15) is 44.0 Å². The largest absolute Gasteiger partial charge is 0.464 e. The van der Waals surface area contributed by atoms with Gasteiger partial charge in [0.05, 0.1) is 12.0 Å². The van der Waals surface area contributed by atoms with Gasteiger partial charge in [0.2, 0.25) is 0 Å². The molecule has 0 aliphatic carbocycles. The second-order valence-corrected chi connectivity index (χ2v) is 8.59. The van der Waals surface area contributed by atoms with E-state index in [2.05, 4.69) is 13.8 Å². The summed E-state index contributed by atoms with van der Waals surface area (Å²) in [6, 6.07) is 13.2. The maximum atomic E-state index is 13.4. The topological polar surface area (TPSA) is 46.6 Å². The molecule has 1 fully saturated rings. The molecule has 1 aliphatic heterocycles. The van der Waals surface area contributed by atoms with Crippen molar-refractivity contribution < 1.29 is 14.3 Å². The number of fused-ring (bicyclic) bond motifs is 1. The fraction of sp³-hybridized carbons (Fsp3) is 0.455. The minimum atomic E-state index is -0.510. The average molecular weight is 386 g/mol. The first kappa shape index (κ1) is 19.7. The number of benzene rings is 2. The third-order valence-corrected chi connectivity index (χ3v) is 6.03. The van der Waals surface area contributed by atoms with E-state index in [1.807, 2.05) is 49.4 Å². The van der Waals surface area contributed by atoms with E-state index in [0.29, 0.717) is 23.8 Å². The molecular formula is C22H27NO3S. The number of hydrogen-bond acceptors (Lipinski definition) is 4. The molecule has 0 radical (unpaired) electrons. The molecule has 1 heterocycles. The molecule has 0 N–H and O–H groups in total. The van der Waals surface area contributed by atoms with E-state index >= 15 is 0 Å². The summed E-state index contributed by atoms with van der Waals surface area (Å²) in [6.07, 6.45) is 1.64. The van der Waals surface area contributed by atoms with Gasteiger partial charge < -0.3 is 9.64 Å². The van der Waals surface area contributed by atoms with Crippen molar-refractivity contribution in [3.8, 4) is 0 Å². The Hall–Kier alpha value is -2.01. The Morgan fingerprint density at radius 1 is 1.19 bits per heavy atom. The maximum Gasteiger partial charge on any atom is 0.329 e. The molecule has 1 aliphatic rings. The molecule has 5 heteroatoms. The van der Waals surface area contributed by atoms with E-state index < -0.39 is 6.04 Å². The lowest BCUT2D eigenvalue weighted by Gasteiger charge is -2.29. The predicted octanol–water partition coefficient (Wildman–Crippen LogP) is 4.72. The maximum absolute atomic E-state index is 13.4. The van der Waals surface area contributed by atoms with Gasteiger partial charge in [-0.2, -0.15) is 0 Å². The summed E-state index contributed by atoms with van der Waals surface area (Å²) in [5.74, 6) is 0.665. The number of rotatable bonds is 6. The summed E-state index contributed by atoms with van der Waals surface area (Å²) < 4.78 is 5.37. The number of esters is 1. The van der Waals surface area contributed by atoms with E-state index in [4.69, 9.17) is 4.74 Å². The second-order valence-electron chi connectivity index (χ2n) is 7.38. The third kappa shape index (κ3) is 4.46. The monoisotopic (exact) mass is 385 g/mol. The van der Waals surface area contributed by atoms with E-state index in [9.17, 15) is 9.59 Å². The van der Waals surface area contributed by atoms with Gasteiger partial charge in [0, 0.05) is 11.3 Å². The molecule has 144 valence electrons. The quantitative estimate of drug-likeness (QED) is 0.675. The molecule has 1 saturated heterocycles. The Morgan fingerprint density at radius 3 is 2.63 bits per heavy atom. The van der Waals surface area contributed by atoms with Crippen molar-refractivity contribution in [2.24, 2.45) is 5.92 Å². The third-order valence-electron chi connectivity index (χ3n) is 4.72. The van der Waals surface area contributed by atoms with Crippen LogP contribution in [0.15, 0.2) is 42.5 Å². The fourth-order valence-electron chi connectivity index (χ4n) is 3.37. The van der Waals surface area contributed by atoms with Crippen molar-refractivity contribution in [3.63, 3.8) is 0 Å². The molecule has 3 rings (SSSR count). The van der Waals surface area contributed by atoms with Crippen LogP contribution in [0.4, 0.5) is 0 Å². The Balaban J connectivity index is 1.90. The van der Waals surface area contributed by atoms with E-state index in [1.54, 1.807) is 16.7 Å². The van der Waals surface area contributed by atoms with Crippen molar-refractivity contribution in [2.75, 3.05) is 12.4 Å². The van der Waals surface area contributed by atoms with Gasteiger partial charge in [0.15, 0.2) is 0 Å². The van der Waals surface area contributed by atoms with Crippen molar-refractivity contribution in [1.82, 2.24) is 4.90 Å². The van der Waals surface area contributed by atoms with Gasteiger partial charge in [-0.25, -0.2) is 4.79 Å². The van der Waals surface area contributed by atoms with Gasteiger partial charge >= 0.3 is 5.97 Å². The van der Waals surface area contributed by atoms with Crippen LogP contribution in [0.3, 0.4) is 0 Å². The van der Waals surface area contributed by atoms with Gasteiger partial charge in [0.25, 0.3) is 5.91 Å². The van der Waals surface area contributed by atoms with Gasteiger partial charge in [0.1, 0.15) is 6.04 Å². The average Bonchev–Trinajstić information content (AvgIpc) is 3.07. The molecule has 4 nitrogen and oxygen atoms in total. The normalized spacial score (nSPS) is 19.6. The first-order valence-corrected chi connectivity index (χ1v) is 10.7. The molecule has 0 bridgehead atoms. The van der Waals surface area contributed by atoms with Crippen LogP contribution in [0.5, 0.6) is 0 Å². The Kier molecular flexibility index (Phi) is 6.42. The van der Waals surface area contributed by atoms with Gasteiger partial charge in [-0.3, -0.25) is 4.79 Å². The highest BCUT2D eigenvalue weighted by Crippen LogP contribution is 2.35. The van der Waals surface area contributed by atoms with Crippen molar-refractivity contribution in [1.29, 1.82) is 0 Å². The molecule has 0 spiro atoms. The molecule has 27 heavy (non-hydrogen) atoms. The minimum absolute atomic E-state index is 0.00291. The number of carbonyl (C=O) groups is 2. The Labute approximate surface area is 165 Å². The lowest BCUT2D eigenvalue weighted by molar-refractivity contribution is -0.148. The van der Waals surface area contributed by atoms with Crippen LogP contribution in [0.25, 0.3) is 10.8 Å². The first-order chi connectivity index (χ1) is 13.0. The lowest BCUT2D eigenvalue weighted by atomic mass is 10.0. The zero-order chi connectivity index (χ0) is 19.4. The number of thioether (sulfide) groups is 1. The van der Waals surface area contributed by atoms with E-state index in [1.165, 1.54) is 0 Å². The first-order valence-electron chi connectivity index (χ1n) is 9.61. The molecule has 0 saturated carbocycles. The smallest absolute Gasteiger partial charge is 0.329 e. The number of hydrogen-bond donors (Lipinski definition) is 0. The van der Waals surface area contributed by atoms with Crippen LogP contribution in [0, 0.1) is 5.92 Å². The second kappa shape index (κ2) is 8.79. The fourth-order valence-corrected chi connectivity index (χ4v) is 5.00. The molecule has 0 aromatic heterocycles. The highest BCUT2D eigenvalue weighted by Gasteiger charge is 2.42. The molecule has 1 amide bonds. The number of amides is 1. The summed E-state index contributed by atoms with van der Waals surface area (Å²) in [4.78, 5) is 27.7. The SMILES string of the molecule is CCCOC(=O)C1CSC(CC(C)C)N1C(=O)c1ccc2ccccc2c1. The van der Waals surface area contributed by atoms with Gasteiger partial charge in [-0.1, -0.05) is 51.1 Å². The number of ether oxygens (including phenoxy) is 1. The van der Waals surface area contributed by atoms with Crippen LogP contribution >= 0.6 is 11.8 Å².